The molecule has 2 N–H and O–H groups in total. The minimum atomic E-state index is -0.526. The summed E-state index contributed by atoms with van der Waals surface area (Å²) in [5.41, 5.74) is 10.3. The minimum absolute atomic E-state index is 0.194. The Morgan fingerprint density at radius 1 is 1.28 bits per heavy atom. The number of aromatic nitrogens is 1. The lowest BCUT2D eigenvalue weighted by Gasteiger charge is -2.27. The Balaban J connectivity index is 2.18. The maximum atomic E-state index is 13.2. The first-order valence-corrected chi connectivity index (χ1v) is 6.10. The summed E-state index contributed by atoms with van der Waals surface area (Å²) < 4.78 is 13.2. The molecule has 0 bridgehead atoms. The van der Waals surface area contributed by atoms with E-state index in [1.54, 1.807) is 12.3 Å². The molecule has 1 aromatic carbocycles. The molecule has 18 heavy (non-hydrogen) atoms. The fourth-order valence-electron chi connectivity index (χ4n) is 2.88. The predicted octanol–water partition coefficient (Wildman–Crippen LogP) is 2.68. The van der Waals surface area contributed by atoms with Gasteiger partial charge in [0.1, 0.15) is 5.82 Å². The monoisotopic (exact) mass is 242 g/mol. The van der Waals surface area contributed by atoms with E-state index in [0.29, 0.717) is 0 Å². The van der Waals surface area contributed by atoms with Crippen molar-refractivity contribution in [2.45, 2.75) is 25.3 Å². The van der Waals surface area contributed by atoms with Crippen molar-refractivity contribution in [3.8, 4) is 0 Å². The Kier molecular flexibility index (Phi) is 2.45. The first-order chi connectivity index (χ1) is 8.61. The Hall–Kier alpha value is -1.74. The summed E-state index contributed by atoms with van der Waals surface area (Å²) >= 11 is 0. The Labute approximate surface area is 106 Å². The molecule has 2 aromatic rings. The van der Waals surface area contributed by atoms with Gasteiger partial charge in [0.2, 0.25) is 0 Å². The molecule has 1 aliphatic carbocycles. The second-order valence-electron chi connectivity index (χ2n) is 4.96. The van der Waals surface area contributed by atoms with Crippen molar-refractivity contribution < 1.29 is 4.39 Å². The van der Waals surface area contributed by atoms with Gasteiger partial charge in [-0.1, -0.05) is 6.07 Å². The molecule has 0 saturated heterocycles. The molecule has 92 valence electrons. The molecule has 0 aliphatic heterocycles. The maximum absolute atomic E-state index is 13.2. The van der Waals surface area contributed by atoms with E-state index < -0.39 is 5.54 Å². The second-order valence-corrected chi connectivity index (χ2v) is 4.96. The molecule has 3 rings (SSSR count). The van der Waals surface area contributed by atoms with Crippen molar-refractivity contribution in [3.05, 3.63) is 64.7 Å². The van der Waals surface area contributed by atoms with Gasteiger partial charge in [-0.3, -0.25) is 4.98 Å². The van der Waals surface area contributed by atoms with Gasteiger partial charge in [-0.2, -0.15) is 0 Å². The summed E-state index contributed by atoms with van der Waals surface area (Å²) in [6, 6.07) is 6.85. The van der Waals surface area contributed by atoms with Crippen molar-refractivity contribution in [1.82, 2.24) is 4.98 Å². The Morgan fingerprint density at radius 3 is 2.89 bits per heavy atom. The quantitative estimate of drug-likeness (QED) is 0.835. The smallest absolute Gasteiger partial charge is 0.123 e. The molecule has 0 radical (unpaired) electrons. The van der Waals surface area contributed by atoms with Gasteiger partial charge in [-0.15, -0.1) is 0 Å². The number of nitrogens with zero attached hydrogens (tertiary/aromatic N) is 1. The van der Waals surface area contributed by atoms with E-state index in [1.807, 2.05) is 25.3 Å². The summed E-state index contributed by atoms with van der Waals surface area (Å²) in [4.78, 5) is 4.17. The Bertz CT molecular complexity index is 609. The Morgan fingerprint density at radius 2 is 2.11 bits per heavy atom. The summed E-state index contributed by atoms with van der Waals surface area (Å²) in [5.74, 6) is -0.194. The van der Waals surface area contributed by atoms with Gasteiger partial charge >= 0.3 is 0 Å². The number of aryl methyl sites for hydroxylation is 2. The highest BCUT2D eigenvalue weighted by Gasteiger charge is 2.37. The third-order valence-corrected chi connectivity index (χ3v) is 3.86. The van der Waals surface area contributed by atoms with E-state index in [9.17, 15) is 4.39 Å². The molecule has 0 spiro atoms. The lowest BCUT2D eigenvalue weighted by Crippen LogP contribution is -2.36. The van der Waals surface area contributed by atoms with Crippen LogP contribution >= 0.6 is 0 Å². The molecule has 1 aromatic heterocycles. The second kappa shape index (κ2) is 3.89. The first kappa shape index (κ1) is 11.4. The van der Waals surface area contributed by atoms with Crippen molar-refractivity contribution in [2.24, 2.45) is 5.73 Å². The minimum Gasteiger partial charge on any atom is -0.318 e. The number of benzene rings is 1. The molecule has 1 heterocycles. The number of hydrogen-bond donors (Lipinski definition) is 1. The third kappa shape index (κ3) is 1.55. The number of pyridine rings is 1. The van der Waals surface area contributed by atoms with Crippen LogP contribution in [-0.4, -0.2) is 4.98 Å². The maximum Gasteiger partial charge on any atom is 0.123 e. The van der Waals surface area contributed by atoms with E-state index in [4.69, 9.17) is 5.73 Å². The van der Waals surface area contributed by atoms with Crippen LogP contribution in [-0.2, 0) is 12.0 Å². The SMILES string of the molecule is Cc1ccncc1C1(N)CCc2cc(F)ccc21. The summed E-state index contributed by atoms with van der Waals surface area (Å²) in [7, 11) is 0. The first-order valence-electron chi connectivity index (χ1n) is 6.10. The zero-order chi connectivity index (χ0) is 12.8. The fourth-order valence-corrected chi connectivity index (χ4v) is 2.88. The van der Waals surface area contributed by atoms with E-state index >= 15 is 0 Å². The van der Waals surface area contributed by atoms with Crippen molar-refractivity contribution >= 4 is 0 Å². The molecule has 3 heteroatoms. The van der Waals surface area contributed by atoms with Crippen LogP contribution in [0.25, 0.3) is 0 Å². The normalized spacial score (nSPS) is 21.9. The fraction of sp³-hybridized carbons (Fsp3) is 0.267. The number of halogens is 1. The van der Waals surface area contributed by atoms with Crippen LogP contribution in [0.1, 0.15) is 28.7 Å². The molecule has 0 saturated carbocycles. The molecule has 1 unspecified atom stereocenters. The zero-order valence-corrected chi connectivity index (χ0v) is 10.3. The van der Waals surface area contributed by atoms with Gasteiger partial charge in [0.05, 0.1) is 5.54 Å². The summed E-state index contributed by atoms with van der Waals surface area (Å²) in [6.45, 7) is 2.03. The predicted molar refractivity (Wildman–Crippen MR) is 68.7 cm³/mol. The van der Waals surface area contributed by atoms with Gasteiger partial charge in [0, 0.05) is 12.4 Å². The molecule has 1 atom stereocenters. The molecule has 2 nitrogen and oxygen atoms in total. The number of fused-ring (bicyclic) bond motifs is 1. The topological polar surface area (TPSA) is 38.9 Å². The average Bonchev–Trinajstić information content (AvgIpc) is 2.68. The zero-order valence-electron chi connectivity index (χ0n) is 10.3. The van der Waals surface area contributed by atoms with Crippen LogP contribution in [0.15, 0.2) is 36.7 Å². The van der Waals surface area contributed by atoms with Crippen LogP contribution in [0.2, 0.25) is 0 Å². The largest absolute Gasteiger partial charge is 0.318 e. The van der Waals surface area contributed by atoms with Crippen molar-refractivity contribution in [1.29, 1.82) is 0 Å². The highest BCUT2D eigenvalue weighted by Crippen LogP contribution is 2.40. The van der Waals surface area contributed by atoms with E-state index in [0.717, 1.165) is 35.1 Å². The highest BCUT2D eigenvalue weighted by atomic mass is 19.1. The van der Waals surface area contributed by atoms with Gasteiger partial charge in [0.25, 0.3) is 0 Å². The van der Waals surface area contributed by atoms with Crippen LogP contribution < -0.4 is 5.73 Å². The van der Waals surface area contributed by atoms with Gasteiger partial charge in [-0.25, -0.2) is 4.39 Å². The molecular weight excluding hydrogens is 227 g/mol. The molecular formula is C15H15FN2. The summed E-state index contributed by atoms with van der Waals surface area (Å²) in [6.07, 6.45) is 5.22. The molecule has 0 amide bonds. The lowest BCUT2D eigenvalue weighted by molar-refractivity contribution is 0.529. The van der Waals surface area contributed by atoms with Gasteiger partial charge in [-0.05, 0) is 60.2 Å². The van der Waals surface area contributed by atoms with E-state index in [2.05, 4.69) is 4.98 Å². The van der Waals surface area contributed by atoms with E-state index in [1.165, 1.54) is 6.07 Å². The number of hydrogen-bond acceptors (Lipinski definition) is 2. The van der Waals surface area contributed by atoms with Crippen molar-refractivity contribution in [3.63, 3.8) is 0 Å². The number of nitrogens with two attached hydrogens (primary N) is 1. The van der Waals surface area contributed by atoms with Crippen molar-refractivity contribution in [2.75, 3.05) is 0 Å². The van der Waals surface area contributed by atoms with Gasteiger partial charge < -0.3 is 5.73 Å². The van der Waals surface area contributed by atoms with E-state index in [-0.39, 0.29) is 5.82 Å². The third-order valence-electron chi connectivity index (χ3n) is 3.86. The van der Waals surface area contributed by atoms with Gasteiger partial charge in [0.15, 0.2) is 0 Å². The van der Waals surface area contributed by atoms with Crippen LogP contribution in [0.3, 0.4) is 0 Å². The van der Waals surface area contributed by atoms with Crippen LogP contribution in [0.4, 0.5) is 4.39 Å². The van der Waals surface area contributed by atoms with Crippen LogP contribution in [0.5, 0.6) is 0 Å². The standard InChI is InChI=1S/C15H15FN2/c1-10-5-7-18-9-14(10)15(17)6-4-11-8-12(16)2-3-13(11)15/h2-3,5,7-9H,4,6,17H2,1H3. The average molecular weight is 242 g/mol. The molecule has 0 fully saturated rings. The number of rotatable bonds is 1. The highest BCUT2D eigenvalue weighted by molar-refractivity contribution is 5.48. The summed E-state index contributed by atoms with van der Waals surface area (Å²) in [5, 5.41) is 0. The molecule has 1 aliphatic rings. The lowest BCUT2D eigenvalue weighted by atomic mass is 9.84. The van der Waals surface area contributed by atoms with Crippen LogP contribution in [0, 0.1) is 12.7 Å².